The summed E-state index contributed by atoms with van der Waals surface area (Å²) in [4.78, 5) is 6.96. The second-order valence-electron chi connectivity index (χ2n) is 10.4. The fraction of sp³-hybridized carbons (Fsp3) is 0.571. The number of nitrogens with zero attached hydrogens (tertiary/aromatic N) is 4. The third-order valence-electron chi connectivity index (χ3n) is 7.60. The zero-order valence-corrected chi connectivity index (χ0v) is 21.9. The molecule has 8 nitrogen and oxygen atoms in total. The molecule has 3 aromatic rings. The summed E-state index contributed by atoms with van der Waals surface area (Å²) in [5.41, 5.74) is 5.49. The molecule has 10 heteroatoms. The highest BCUT2D eigenvalue weighted by Gasteiger charge is 2.26. The Morgan fingerprint density at radius 3 is 2.58 bits per heavy atom. The summed E-state index contributed by atoms with van der Waals surface area (Å²) < 4.78 is 36.4. The van der Waals surface area contributed by atoms with Gasteiger partial charge in [-0.3, -0.25) is 4.90 Å². The van der Waals surface area contributed by atoms with Gasteiger partial charge in [-0.1, -0.05) is 24.3 Å². The Morgan fingerprint density at radius 2 is 1.87 bits per heavy atom. The van der Waals surface area contributed by atoms with Gasteiger partial charge in [-0.15, -0.1) is 5.10 Å². The van der Waals surface area contributed by atoms with Crippen LogP contribution in [0, 0.1) is 0 Å². The van der Waals surface area contributed by atoms with Crippen LogP contribution in [0.1, 0.15) is 56.2 Å². The number of alkyl halides is 2. The van der Waals surface area contributed by atoms with Crippen LogP contribution in [0.2, 0.25) is 0 Å². The van der Waals surface area contributed by atoms with E-state index in [-0.39, 0.29) is 18.8 Å². The second kappa shape index (κ2) is 12.5. The predicted octanol–water partition coefficient (Wildman–Crippen LogP) is 4.68. The monoisotopic (exact) mass is 529 g/mol. The zero-order valence-electron chi connectivity index (χ0n) is 21.9. The maximum atomic E-state index is 12.3. The van der Waals surface area contributed by atoms with Crippen molar-refractivity contribution in [3.05, 3.63) is 47.8 Å². The molecule has 2 aliphatic rings. The number of aliphatic hydroxyl groups is 1. The maximum absolute atomic E-state index is 12.3. The Labute approximate surface area is 222 Å². The zero-order chi connectivity index (χ0) is 26.5. The van der Waals surface area contributed by atoms with E-state index in [0.717, 1.165) is 80.9 Å². The Bertz CT molecular complexity index is 1180. The average molecular weight is 530 g/mol. The topological polar surface area (TPSA) is 84.2 Å². The van der Waals surface area contributed by atoms with Gasteiger partial charge >= 0.3 is 6.61 Å². The Kier molecular flexibility index (Phi) is 8.83. The number of aromatic nitrogens is 3. The quantitative estimate of drug-likeness (QED) is 0.395. The first kappa shape index (κ1) is 26.9. The second-order valence-corrected chi connectivity index (χ2v) is 10.4. The van der Waals surface area contributed by atoms with E-state index < -0.39 is 6.61 Å². The number of ether oxygens (including phenoxy) is 2. The molecule has 1 aromatic carbocycles. The number of aliphatic hydroxyl groups excluding tert-OH is 1. The lowest BCUT2D eigenvalue weighted by Crippen LogP contribution is -2.35. The van der Waals surface area contributed by atoms with Gasteiger partial charge in [0.2, 0.25) is 5.95 Å². The molecule has 2 fully saturated rings. The van der Waals surface area contributed by atoms with Crippen LogP contribution in [0.15, 0.2) is 36.5 Å². The number of halogens is 2. The molecule has 1 aliphatic heterocycles. The molecule has 1 atom stereocenters. The van der Waals surface area contributed by atoms with E-state index >= 15 is 0 Å². The molecule has 1 saturated heterocycles. The van der Waals surface area contributed by atoms with E-state index in [4.69, 9.17) is 9.84 Å². The molecular formula is C28H37F2N5O3. The SMILES string of the molecule is C[C@@H](CCOC(F)F)Nc1ncc2c(-c3ccc(CN4CCOCC4)cc3)cc([C@H]3CC[C@H](O)CC3)n2n1. The van der Waals surface area contributed by atoms with Gasteiger partial charge in [-0.25, -0.2) is 9.50 Å². The Morgan fingerprint density at radius 1 is 1.13 bits per heavy atom. The minimum atomic E-state index is -2.77. The lowest BCUT2D eigenvalue weighted by Gasteiger charge is -2.26. The van der Waals surface area contributed by atoms with Gasteiger partial charge in [0.05, 0.1) is 37.6 Å². The number of hydrogen-bond acceptors (Lipinski definition) is 7. The number of anilines is 1. The van der Waals surface area contributed by atoms with Crippen LogP contribution in [0.25, 0.3) is 16.6 Å². The molecule has 0 spiro atoms. The number of hydrogen-bond donors (Lipinski definition) is 2. The summed E-state index contributed by atoms with van der Waals surface area (Å²) in [6.45, 7) is 3.48. The molecule has 38 heavy (non-hydrogen) atoms. The van der Waals surface area contributed by atoms with E-state index in [0.29, 0.717) is 18.3 Å². The molecule has 0 radical (unpaired) electrons. The van der Waals surface area contributed by atoms with E-state index in [1.165, 1.54) is 5.56 Å². The highest BCUT2D eigenvalue weighted by Crippen LogP contribution is 2.37. The summed E-state index contributed by atoms with van der Waals surface area (Å²) in [7, 11) is 0. The third-order valence-corrected chi connectivity index (χ3v) is 7.60. The van der Waals surface area contributed by atoms with Crippen molar-refractivity contribution >= 4 is 11.5 Å². The molecule has 0 amide bonds. The van der Waals surface area contributed by atoms with E-state index in [1.54, 1.807) is 0 Å². The first-order valence-electron chi connectivity index (χ1n) is 13.6. The fourth-order valence-electron chi connectivity index (χ4n) is 5.41. The smallest absolute Gasteiger partial charge is 0.345 e. The normalized spacial score (nSPS) is 21.7. The maximum Gasteiger partial charge on any atom is 0.345 e. The molecule has 1 aliphatic carbocycles. The van der Waals surface area contributed by atoms with Crippen LogP contribution in [0.5, 0.6) is 0 Å². The van der Waals surface area contributed by atoms with Crippen LogP contribution in [0.4, 0.5) is 14.7 Å². The van der Waals surface area contributed by atoms with E-state index in [2.05, 4.69) is 50.3 Å². The summed E-state index contributed by atoms with van der Waals surface area (Å²) in [5, 5.41) is 18.1. The van der Waals surface area contributed by atoms with Crippen molar-refractivity contribution in [2.75, 3.05) is 38.2 Å². The molecule has 206 valence electrons. The summed E-state index contributed by atoms with van der Waals surface area (Å²) in [6.07, 6.45) is 5.36. The Balaban J connectivity index is 1.39. The fourth-order valence-corrected chi connectivity index (χ4v) is 5.41. The van der Waals surface area contributed by atoms with Crippen molar-refractivity contribution in [3.63, 3.8) is 0 Å². The van der Waals surface area contributed by atoms with Gasteiger partial charge in [0.15, 0.2) is 0 Å². The minimum Gasteiger partial charge on any atom is -0.393 e. The van der Waals surface area contributed by atoms with E-state index in [9.17, 15) is 13.9 Å². The first-order valence-corrected chi connectivity index (χ1v) is 13.6. The van der Waals surface area contributed by atoms with Crippen molar-refractivity contribution < 1.29 is 23.4 Å². The van der Waals surface area contributed by atoms with Gasteiger partial charge in [-0.2, -0.15) is 8.78 Å². The van der Waals surface area contributed by atoms with Gasteiger partial charge in [0.1, 0.15) is 0 Å². The summed E-state index contributed by atoms with van der Waals surface area (Å²) in [5.74, 6) is 0.738. The minimum absolute atomic E-state index is 0.0427. The number of benzene rings is 1. The highest BCUT2D eigenvalue weighted by molar-refractivity contribution is 5.81. The van der Waals surface area contributed by atoms with Crippen molar-refractivity contribution in [3.8, 4) is 11.1 Å². The highest BCUT2D eigenvalue weighted by atomic mass is 19.3. The molecule has 1 saturated carbocycles. The largest absolute Gasteiger partial charge is 0.393 e. The van der Waals surface area contributed by atoms with Crippen LogP contribution in [-0.4, -0.2) is 76.3 Å². The predicted molar refractivity (Wildman–Crippen MR) is 141 cm³/mol. The molecular weight excluding hydrogens is 492 g/mol. The number of rotatable bonds is 10. The van der Waals surface area contributed by atoms with Crippen LogP contribution >= 0.6 is 0 Å². The lowest BCUT2D eigenvalue weighted by atomic mass is 9.85. The summed E-state index contributed by atoms with van der Waals surface area (Å²) in [6, 6.07) is 10.8. The molecule has 2 N–H and O–H groups in total. The molecule has 0 bridgehead atoms. The number of morpholine rings is 1. The van der Waals surface area contributed by atoms with E-state index in [1.807, 2.05) is 17.6 Å². The number of nitrogens with one attached hydrogen (secondary N) is 1. The molecule has 5 rings (SSSR count). The molecule has 3 heterocycles. The standard InChI is InChI=1S/C28H37F2N5O3/c1-19(10-13-38-27(29)30)32-28-31-17-26-24(16-25(35(26)33-28)22-6-8-23(36)9-7-22)21-4-2-20(3-5-21)18-34-11-14-37-15-12-34/h2-5,16-17,19,22-23,27,36H,6-15,18H2,1H3,(H,32,33)/t19-,22-,23-/m0/s1. The Hall–Kier alpha value is -2.66. The van der Waals surface area contributed by atoms with Gasteiger partial charge in [0, 0.05) is 42.9 Å². The average Bonchev–Trinajstić information content (AvgIpc) is 3.29. The van der Waals surface area contributed by atoms with Crippen LogP contribution in [0.3, 0.4) is 0 Å². The van der Waals surface area contributed by atoms with Gasteiger partial charge < -0.3 is 19.9 Å². The van der Waals surface area contributed by atoms with Crippen molar-refractivity contribution in [2.24, 2.45) is 0 Å². The van der Waals surface area contributed by atoms with Crippen LogP contribution in [-0.2, 0) is 16.0 Å². The summed E-state index contributed by atoms with van der Waals surface area (Å²) >= 11 is 0. The number of fused-ring (bicyclic) bond motifs is 1. The lowest BCUT2D eigenvalue weighted by molar-refractivity contribution is -0.129. The third kappa shape index (κ3) is 6.66. The first-order chi connectivity index (χ1) is 18.5. The van der Waals surface area contributed by atoms with Crippen molar-refractivity contribution in [1.29, 1.82) is 0 Å². The molecule has 2 aromatic heterocycles. The van der Waals surface area contributed by atoms with Crippen LogP contribution < -0.4 is 5.32 Å². The van der Waals surface area contributed by atoms with Crippen molar-refractivity contribution in [1.82, 2.24) is 19.5 Å². The van der Waals surface area contributed by atoms with Crippen molar-refractivity contribution in [2.45, 2.75) is 70.2 Å². The van der Waals surface area contributed by atoms with Gasteiger partial charge in [0.25, 0.3) is 0 Å². The molecule has 0 unspecified atom stereocenters. The van der Waals surface area contributed by atoms with Gasteiger partial charge in [-0.05, 0) is 56.2 Å².